The molecule has 4 unspecified atom stereocenters. The van der Waals surface area contributed by atoms with E-state index >= 15 is 0 Å². The van der Waals surface area contributed by atoms with Crippen molar-refractivity contribution in [2.24, 2.45) is 11.8 Å². The summed E-state index contributed by atoms with van der Waals surface area (Å²) in [6.07, 6.45) is 5.72. The fraction of sp³-hybridized carbons (Fsp3) is 0.611. The van der Waals surface area contributed by atoms with Crippen molar-refractivity contribution in [3.05, 3.63) is 34.9 Å². The molecule has 2 fully saturated rings. The first kappa shape index (κ1) is 13.3. The van der Waals surface area contributed by atoms with Crippen LogP contribution in [0.15, 0.2) is 18.2 Å². The first-order chi connectivity index (χ1) is 10.1. The lowest BCUT2D eigenvalue weighted by atomic mass is 9.94. The van der Waals surface area contributed by atoms with E-state index in [9.17, 15) is 9.90 Å². The topological polar surface area (TPSA) is 40.5 Å². The van der Waals surface area contributed by atoms with E-state index in [4.69, 9.17) is 0 Å². The third-order valence-corrected chi connectivity index (χ3v) is 5.93. The van der Waals surface area contributed by atoms with E-state index in [1.165, 1.54) is 29.5 Å². The molecule has 0 radical (unpaired) electrons. The summed E-state index contributed by atoms with van der Waals surface area (Å²) in [6, 6.07) is 6.76. The number of fused-ring (bicyclic) bond motifs is 2. The summed E-state index contributed by atoms with van der Waals surface area (Å²) in [5.74, 6) is 0.391. The Bertz CT molecular complexity index is 583. The first-order valence-electron chi connectivity index (χ1n) is 8.23. The van der Waals surface area contributed by atoms with Crippen molar-refractivity contribution < 1.29 is 9.90 Å². The van der Waals surface area contributed by atoms with Gasteiger partial charge in [-0.2, -0.15) is 0 Å². The molecule has 21 heavy (non-hydrogen) atoms. The van der Waals surface area contributed by atoms with Gasteiger partial charge in [0.25, 0.3) is 0 Å². The second kappa shape index (κ2) is 4.84. The van der Waals surface area contributed by atoms with Crippen LogP contribution in [0.25, 0.3) is 0 Å². The number of carbonyl (C=O) groups is 1. The zero-order valence-corrected chi connectivity index (χ0v) is 12.6. The monoisotopic (exact) mass is 285 g/mol. The molecule has 4 rings (SSSR count). The number of aliphatic carboxylic acids is 1. The summed E-state index contributed by atoms with van der Waals surface area (Å²) in [7, 11) is 0. The number of hydrogen-bond acceptors (Lipinski definition) is 2. The summed E-state index contributed by atoms with van der Waals surface area (Å²) in [6.45, 7) is 3.11. The van der Waals surface area contributed by atoms with E-state index in [1.54, 1.807) is 0 Å². The standard InChI is InChI=1S/C18H23NO2/c1-11-5-6-12-7-8-16(15(12)9-11)19-10-13-3-2-4-14(13)17(19)18(20)21/h5-6,9,13-14,16-17H,2-4,7-8,10H2,1H3,(H,20,21). The van der Waals surface area contributed by atoms with Gasteiger partial charge in [0, 0.05) is 12.6 Å². The molecule has 1 aliphatic heterocycles. The SMILES string of the molecule is Cc1ccc2c(c1)C(N1CC3CCCC3C1C(=O)O)CC2. The molecule has 1 heterocycles. The van der Waals surface area contributed by atoms with Crippen LogP contribution in [0.5, 0.6) is 0 Å². The first-order valence-corrected chi connectivity index (χ1v) is 8.23. The zero-order chi connectivity index (χ0) is 14.6. The highest BCUT2D eigenvalue weighted by molar-refractivity contribution is 5.74. The van der Waals surface area contributed by atoms with E-state index in [-0.39, 0.29) is 6.04 Å². The number of likely N-dealkylation sites (tertiary alicyclic amines) is 1. The molecule has 1 saturated heterocycles. The summed E-state index contributed by atoms with van der Waals surface area (Å²) >= 11 is 0. The molecule has 0 aromatic heterocycles. The van der Waals surface area contributed by atoms with Crippen LogP contribution in [0.2, 0.25) is 0 Å². The van der Waals surface area contributed by atoms with Crippen LogP contribution in [0.4, 0.5) is 0 Å². The number of benzene rings is 1. The minimum atomic E-state index is -0.606. The Morgan fingerprint density at radius 3 is 2.95 bits per heavy atom. The predicted octanol–water partition coefficient (Wildman–Crippen LogP) is 3.17. The fourth-order valence-corrected chi connectivity index (χ4v) is 5.03. The van der Waals surface area contributed by atoms with Gasteiger partial charge in [-0.3, -0.25) is 9.69 Å². The Kier molecular flexibility index (Phi) is 3.07. The molecule has 1 aromatic rings. The normalized spacial score (nSPS) is 34.9. The molecule has 3 heteroatoms. The average Bonchev–Trinajstić information content (AvgIpc) is 3.08. The van der Waals surface area contributed by atoms with Gasteiger partial charge < -0.3 is 5.11 Å². The van der Waals surface area contributed by atoms with Crippen LogP contribution in [0.3, 0.4) is 0 Å². The summed E-state index contributed by atoms with van der Waals surface area (Å²) in [5, 5.41) is 9.75. The quantitative estimate of drug-likeness (QED) is 0.907. The van der Waals surface area contributed by atoms with Crippen molar-refractivity contribution in [2.45, 2.75) is 51.1 Å². The minimum absolute atomic E-state index is 0.256. The van der Waals surface area contributed by atoms with Crippen molar-refractivity contribution in [2.75, 3.05) is 6.54 Å². The van der Waals surface area contributed by atoms with Crippen LogP contribution >= 0.6 is 0 Å². The van der Waals surface area contributed by atoms with Gasteiger partial charge in [0.15, 0.2) is 0 Å². The summed E-state index contributed by atoms with van der Waals surface area (Å²) in [5.41, 5.74) is 4.10. The molecule has 0 spiro atoms. The number of rotatable bonds is 2. The number of carboxylic acids is 1. The van der Waals surface area contributed by atoms with Crippen LogP contribution in [0.1, 0.15) is 48.4 Å². The summed E-state index contributed by atoms with van der Waals surface area (Å²) in [4.78, 5) is 14.2. The highest BCUT2D eigenvalue weighted by Gasteiger charge is 2.50. The Hall–Kier alpha value is -1.35. The Labute approximate surface area is 126 Å². The molecule has 1 saturated carbocycles. The van der Waals surface area contributed by atoms with Gasteiger partial charge >= 0.3 is 5.97 Å². The lowest BCUT2D eigenvalue weighted by molar-refractivity contribution is -0.144. The van der Waals surface area contributed by atoms with E-state index < -0.39 is 5.97 Å². The van der Waals surface area contributed by atoms with Crippen molar-refractivity contribution in [1.29, 1.82) is 0 Å². The molecule has 3 nitrogen and oxygen atoms in total. The second-order valence-corrected chi connectivity index (χ2v) is 7.09. The van der Waals surface area contributed by atoms with E-state index in [0.29, 0.717) is 17.9 Å². The maximum atomic E-state index is 11.8. The smallest absolute Gasteiger partial charge is 0.321 e. The highest BCUT2D eigenvalue weighted by atomic mass is 16.4. The van der Waals surface area contributed by atoms with Crippen molar-refractivity contribution in [3.8, 4) is 0 Å². The Balaban J connectivity index is 1.68. The van der Waals surface area contributed by atoms with Crippen LogP contribution in [-0.2, 0) is 11.2 Å². The molecule has 1 aromatic carbocycles. The zero-order valence-electron chi connectivity index (χ0n) is 12.6. The predicted molar refractivity (Wildman–Crippen MR) is 81.2 cm³/mol. The molecule has 112 valence electrons. The lowest BCUT2D eigenvalue weighted by Gasteiger charge is -2.31. The molecule has 4 atom stereocenters. The third kappa shape index (κ3) is 2.02. The van der Waals surface area contributed by atoms with Gasteiger partial charge in [0.05, 0.1) is 0 Å². The van der Waals surface area contributed by atoms with Gasteiger partial charge in [0.1, 0.15) is 6.04 Å². The van der Waals surface area contributed by atoms with Crippen molar-refractivity contribution >= 4 is 5.97 Å². The number of aryl methyl sites for hydroxylation is 2. The largest absolute Gasteiger partial charge is 0.480 e. The molecule has 3 aliphatic rings. The van der Waals surface area contributed by atoms with E-state index in [0.717, 1.165) is 25.8 Å². The lowest BCUT2D eigenvalue weighted by Crippen LogP contribution is -2.41. The molecule has 0 bridgehead atoms. The highest BCUT2D eigenvalue weighted by Crippen LogP contribution is 2.48. The molecular weight excluding hydrogens is 262 g/mol. The molecular formula is C18H23NO2. The third-order valence-electron chi connectivity index (χ3n) is 5.93. The fourth-order valence-electron chi connectivity index (χ4n) is 5.03. The van der Waals surface area contributed by atoms with Gasteiger partial charge in [-0.15, -0.1) is 0 Å². The molecule has 2 aliphatic carbocycles. The van der Waals surface area contributed by atoms with E-state index in [2.05, 4.69) is 30.0 Å². The minimum Gasteiger partial charge on any atom is -0.480 e. The maximum Gasteiger partial charge on any atom is 0.321 e. The summed E-state index contributed by atoms with van der Waals surface area (Å²) < 4.78 is 0. The van der Waals surface area contributed by atoms with Crippen LogP contribution in [0, 0.1) is 18.8 Å². The number of hydrogen-bond donors (Lipinski definition) is 1. The number of carboxylic acid groups (broad SMARTS) is 1. The van der Waals surface area contributed by atoms with Gasteiger partial charge in [-0.05, 0) is 55.6 Å². The maximum absolute atomic E-state index is 11.8. The van der Waals surface area contributed by atoms with Crippen LogP contribution in [-0.4, -0.2) is 28.6 Å². The van der Waals surface area contributed by atoms with Gasteiger partial charge in [-0.1, -0.05) is 30.2 Å². The Morgan fingerprint density at radius 1 is 1.29 bits per heavy atom. The van der Waals surface area contributed by atoms with Crippen molar-refractivity contribution in [1.82, 2.24) is 4.90 Å². The van der Waals surface area contributed by atoms with Gasteiger partial charge in [-0.25, -0.2) is 0 Å². The van der Waals surface area contributed by atoms with E-state index in [1.807, 2.05) is 0 Å². The second-order valence-electron chi connectivity index (χ2n) is 7.09. The van der Waals surface area contributed by atoms with Crippen molar-refractivity contribution in [3.63, 3.8) is 0 Å². The molecule has 0 amide bonds. The van der Waals surface area contributed by atoms with Gasteiger partial charge in [0.2, 0.25) is 0 Å². The number of nitrogens with zero attached hydrogens (tertiary/aromatic N) is 1. The van der Waals surface area contributed by atoms with Crippen LogP contribution < -0.4 is 0 Å². The average molecular weight is 285 g/mol. The molecule has 1 N–H and O–H groups in total. The Morgan fingerprint density at radius 2 is 2.14 bits per heavy atom.